The Labute approximate surface area is 139 Å². The molecule has 1 fully saturated rings. The zero-order valence-corrected chi connectivity index (χ0v) is 13.2. The summed E-state index contributed by atoms with van der Waals surface area (Å²) in [4.78, 5) is 22.0. The van der Waals surface area contributed by atoms with Crippen LogP contribution in [0.2, 0.25) is 0 Å². The molecule has 1 saturated heterocycles. The molecule has 0 aliphatic carbocycles. The van der Waals surface area contributed by atoms with Crippen molar-refractivity contribution in [2.75, 3.05) is 6.54 Å². The molecule has 24 heavy (non-hydrogen) atoms. The first kappa shape index (κ1) is 15.0. The molecular formula is C19H18FN3O. The van der Waals surface area contributed by atoms with E-state index in [1.807, 2.05) is 30.3 Å². The number of hydrogen-bond donors (Lipinski definition) is 1. The van der Waals surface area contributed by atoms with Gasteiger partial charge in [-0.1, -0.05) is 24.3 Å². The number of H-pyrrole nitrogens is 1. The molecule has 0 unspecified atom stereocenters. The number of hydrogen-bond acceptors (Lipinski definition) is 3. The minimum atomic E-state index is -0.219. The molecule has 0 amide bonds. The number of nitrogens with one attached hydrogen (secondary N) is 1. The molecular weight excluding hydrogens is 305 g/mol. The van der Waals surface area contributed by atoms with E-state index in [9.17, 15) is 9.18 Å². The maximum absolute atomic E-state index is 13.1. The molecule has 2 heterocycles. The third-order valence-corrected chi connectivity index (χ3v) is 4.63. The number of halogens is 1. The maximum atomic E-state index is 13.1. The first-order chi connectivity index (χ1) is 11.7. The van der Waals surface area contributed by atoms with Crippen molar-refractivity contribution in [1.82, 2.24) is 14.9 Å². The normalized spacial score (nSPS) is 18.3. The summed E-state index contributed by atoms with van der Waals surface area (Å²) in [5, 5.41) is 0.609. The Bertz CT molecular complexity index is 920. The van der Waals surface area contributed by atoms with Crippen LogP contribution in [0, 0.1) is 5.82 Å². The van der Waals surface area contributed by atoms with Gasteiger partial charge >= 0.3 is 0 Å². The lowest BCUT2D eigenvalue weighted by atomic mass is 10.0. The van der Waals surface area contributed by atoms with Gasteiger partial charge < -0.3 is 4.98 Å². The van der Waals surface area contributed by atoms with Crippen molar-refractivity contribution in [3.63, 3.8) is 0 Å². The quantitative estimate of drug-likeness (QED) is 0.804. The molecule has 0 radical (unpaired) electrons. The minimum Gasteiger partial charge on any atom is -0.309 e. The number of benzene rings is 2. The van der Waals surface area contributed by atoms with Crippen molar-refractivity contribution in [1.29, 1.82) is 0 Å². The largest absolute Gasteiger partial charge is 0.309 e. The highest BCUT2D eigenvalue weighted by atomic mass is 19.1. The number of aromatic amines is 1. The van der Waals surface area contributed by atoms with Gasteiger partial charge in [-0.2, -0.15) is 0 Å². The first-order valence-electron chi connectivity index (χ1n) is 8.18. The smallest absolute Gasteiger partial charge is 0.258 e. The number of para-hydroxylation sites is 1. The van der Waals surface area contributed by atoms with Gasteiger partial charge in [0.25, 0.3) is 5.56 Å². The molecule has 0 saturated carbocycles. The summed E-state index contributed by atoms with van der Waals surface area (Å²) >= 11 is 0. The van der Waals surface area contributed by atoms with Crippen LogP contribution in [0.5, 0.6) is 0 Å². The van der Waals surface area contributed by atoms with Gasteiger partial charge in [0.1, 0.15) is 11.6 Å². The highest BCUT2D eigenvalue weighted by molar-refractivity contribution is 5.77. The number of likely N-dealkylation sites (tertiary alicyclic amines) is 1. The van der Waals surface area contributed by atoms with Crippen LogP contribution in [0.25, 0.3) is 10.9 Å². The van der Waals surface area contributed by atoms with Crippen molar-refractivity contribution in [3.8, 4) is 0 Å². The van der Waals surface area contributed by atoms with Crippen molar-refractivity contribution in [3.05, 3.63) is 76.1 Å². The monoisotopic (exact) mass is 323 g/mol. The van der Waals surface area contributed by atoms with Crippen molar-refractivity contribution in [2.45, 2.75) is 25.4 Å². The number of nitrogens with zero attached hydrogens (tertiary/aromatic N) is 2. The van der Waals surface area contributed by atoms with Crippen LogP contribution in [-0.2, 0) is 6.54 Å². The van der Waals surface area contributed by atoms with Gasteiger partial charge in [0.05, 0.1) is 17.4 Å². The SMILES string of the molecule is O=c1[nH]c(CN2CCC[C@H]2c2ccc(F)cc2)nc2ccccc12. The van der Waals surface area contributed by atoms with E-state index in [2.05, 4.69) is 14.9 Å². The van der Waals surface area contributed by atoms with E-state index >= 15 is 0 Å². The second-order valence-electron chi connectivity index (χ2n) is 6.21. The van der Waals surface area contributed by atoms with Gasteiger partial charge in [-0.15, -0.1) is 0 Å². The van der Waals surface area contributed by atoms with Gasteiger partial charge in [0.2, 0.25) is 0 Å². The molecule has 1 N–H and O–H groups in total. The molecule has 5 heteroatoms. The van der Waals surface area contributed by atoms with Gasteiger partial charge in [0.15, 0.2) is 0 Å². The summed E-state index contributed by atoms with van der Waals surface area (Å²) < 4.78 is 13.1. The van der Waals surface area contributed by atoms with Crippen molar-refractivity contribution < 1.29 is 4.39 Å². The van der Waals surface area contributed by atoms with Crippen LogP contribution in [0.4, 0.5) is 4.39 Å². The molecule has 122 valence electrons. The molecule has 1 aromatic heterocycles. The van der Waals surface area contributed by atoms with Gasteiger partial charge in [-0.25, -0.2) is 9.37 Å². The first-order valence-corrected chi connectivity index (χ1v) is 8.18. The lowest BCUT2D eigenvalue weighted by Gasteiger charge is -2.24. The van der Waals surface area contributed by atoms with Crippen LogP contribution < -0.4 is 5.56 Å². The Balaban J connectivity index is 1.62. The molecule has 1 atom stereocenters. The fourth-order valence-corrected chi connectivity index (χ4v) is 3.48. The average Bonchev–Trinajstić information content (AvgIpc) is 3.04. The Morgan fingerprint density at radius 2 is 1.96 bits per heavy atom. The van der Waals surface area contributed by atoms with Crippen LogP contribution in [0.15, 0.2) is 53.3 Å². The minimum absolute atomic E-state index is 0.104. The molecule has 2 aromatic carbocycles. The molecule has 4 nitrogen and oxygen atoms in total. The highest BCUT2D eigenvalue weighted by Crippen LogP contribution is 2.32. The van der Waals surface area contributed by atoms with Crippen LogP contribution in [-0.4, -0.2) is 21.4 Å². The molecule has 4 rings (SSSR count). The second kappa shape index (κ2) is 6.17. The Morgan fingerprint density at radius 3 is 2.79 bits per heavy atom. The molecule has 1 aliphatic rings. The summed E-state index contributed by atoms with van der Waals surface area (Å²) in [6.07, 6.45) is 2.11. The summed E-state index contributed by atoms with van der Waals surface area (Å²) in [7, 11) is 0. The zero-order valence-electron chi connectivity index (χ0n) is 13.2. The number of fused-ring (bicyclic) bond motifs is 1. The Kier molecular flexibility index (Phi) is 3.86. The molecule has 0 bridgehead atoms. The predicted molar refractivity (Wildman–Crippen MR) is 91.1 cm³/mol. The predicted octanol–water partition coefficient (Wildman–Crippen LogP) is 3.40. The topological polar surface area (TPSA) is 49.0 Å². The summed E-state index contributed by atoms with van der Waals surface area (Å²) in [6.45, 7) is 1.53. The molecule has 1 aliphatic heterocycles. The fourth-order valence-electron chi connectivity index (χ4n) is 3.48. The van der Waals surface area contributed by atoms with E-state index in [4.69, 9.17) is 0 Å². The van der Waals surface area contributed by atoms with E-state index in [0.717, 1.165) is 24.9 Å². The van der Waals surface area contributed by atoms with E-state index in [1.165, 1.54) is 12.1 Å². The standard InChI is InChI=1S/C19H18FN3O/c20-14-9-7-13(8-10-14)17-6-3-11-23(17)12-18-21-16-5-2-1-4-15(16)19(24)22-18/h1-2,4-5,7-10,17H,3,6,11-12H2,(H,21,22,24)/t17-/m0/s1. The lowest BCUT2D eigenvalue weighted by molar-refractivity contribution is 0.242. The van der Waals surface area contributed by atoms with Crippen LogP contribution >= 0.6 is 0 Å². The van der Waals surface area contributed by atoms with Gasteiger partial charge in [-0.3, -0.25) is 9.69 Å². The van der Waals surface area contributed by atoms with Crippen molar-refractivity contribution in [2.24, 2.45) is 0 Å². The third kappa shape index (κ3) is 2.83. The summed E-state index contributed by atoms with van der Waals surface area (Å²) in [6, 6.07) is 14.3. The summed E-state index contributed by atoms with van der Waals surface area (Å²) in [5.41, 5.74) is 1.72. The lowest BCUT2D eigenvalue weighted by Crippen LogP contribution is -2.25. The maximum Gasteiger partial charge on any atom is 0.258 e. The van der Waals surface area contributed by atoms with E-state index in [-0.39, 0.29) is 17.4 Å². The summed E-state index contributed by atoms with van der Waals surface area (Å²) in [5.74, 6) is 0.455. The third-order valence-electron chi connectivity index (χ3n) is 4.63. The van der Waals surface area contributed by atoms with Crippen LogP contribution in [0.1, 0.15) is 30.3 Å². The van der Waals surface area contributed by atoms with E-state index < -0.39 is 0 Å². The van der Waals surface area contributed by atoms with Crippen molar-refractivity contribution >= 4 is 10.9 Å². The fraction of sp³-hybridized carbons (Fsp3) is 0.263. The van der Waals surface area contributed by atoms with Gasteiger partial charge in [-0.05, 0) is 49.2 Å². The Hall–Kier alpha value is -2.53. The molecule has 0 spiro atoms. The molecule has 3 aromatic rings. The second-order valence-corrected chi connectivity index (χ2v) is 6.21. The number of rotatable bonds is 3. The average molecular weight is 323 g/mol. The van der Waals surface area contributed by atoms with Gasteiger partial charge in [0, 0.05) is 6.04 Å². The van der Waals surface area contributed by atoms with E-state index in [0.29, 0.717) is 23.3 Å². The zero-order chi connectivity index (χ0) is 16.5. The number of aromatic nitrogens is 2. The van der Waals surface area contributed by atoms with E-state index in [1.54, 1.807) is 6.07 Å². The highest BCUT2D eigenvalue weighted by Gasteiger charge is 2.26. The Morgan fingerprint density at radius 1 is 1.17 bits per heavy atom. The van der Waals surface area contributed by atoms with Crippen LogP contribution in [0.3, 0.4) is 0 Å².